The van der Waals surface area contributed by atoms with E-state index in [-0.39, 0.29) is 0 Å². The first-order valence-electron chi connectivity index (χ1n) is 10.1. The van der Waals surface area contributed by atoms with Crippen molar-refractivity contribution in [3.63, 3.8) is 0 Å². The first-order chi connectivity index (χ1) is 14.7. The van der Waals surface area contributed by atoms with Gasteiger partial charge in [0.15, 0.2) is 0 Å². The van der Waals surface area contributed by atoms with Crippen LogP contribution in [0.15, 0.2) is 60.9 Å². The van der Waals surface area contributed by atoms with Gasteiger partial charge in [-0.25, -0.2) is 4.98 Å². The summed E-state index contributed by atoms with van der Waals surface area (Å²) in [4.78, 5) is 13.7. The van der Waals surface area contributed by atoms with Gasteiger partial charge < -0.3 is 20.4 Å². The van der Waals surface area contributed by atoms with Crippen LogP contribution in [0.2, 0.25) is 0 Å². The molecule has 3 heterocycles. The van der Waals surface area contributed by atoms with Gasteiger partial charge in [-0.15, -0.1) is 0 Å². The molecule has 1 fully saturated rings. The maximum Gasteiger partial charge on any atom is 0.229 e. The molecule has 1 saturated heterocycles. The summed E-state index contributed by atoms with van der Waals surface area (Å²) < 4.78 is 0. The topological polar surface area (TPSA) is 85.0 Å². The zero-order chi connectivity index (χ0) is 20.3. The van der Waals surface area contributed by atoms with Crippen molar-refractivity contribution in [1.82, 2.24) is 25.1 Å². The highest BCUT2D eigenvalue weighted by molar-refractivity contribution is 5.82. The number of aromatic nitrogens is 4. The number of likely N-dealkylation sites (N-methyl/N-ethyl adjacent to an activating group) is 1. The smallest absolute Gasteiger partial charge is 0.229 e. The fourth-order valence-electron chi connectivity index (χ4n) is 3.60. The van der Waals surface area contributed by atoms with Crippen LogP contribution in [0.25, 0.3) is 10.9 Å². The van der Waals surface area contributed by atoms with E-state index in [1.807, 2.05) is 24.3 Å². The van der Waals surface area contributed by atoms with Crippen molar-refractivity contribution in [2.24, 2.45) is 0 Å². The molecule has 0 radical (unpaired) electrons. The van der Waals surface area contributed by atoms with Crippen LogP contribution in [0, 0.1) is 0 Å². The van der Waals surface area contributed by atoms with E-state index in [2.05, 4.69) is 71.9 Å². The Morgan fingerprint density at radius 3 is 2.53 bits per heavy atom. The Morgan fingerprint density at radius 2 is 1.70 bits per heavy atom. The Balaban J connectivity index is 1.26. The van der Waals surface area contributed by atoms with Crippen molar-refractivity contribution in [2.75, 3.05) is 48.8 Å². The molecule has 0 unspecified atom stereocenters. The fourth-order valence-corrected chi connectivity index (χ4v) is 3.60. The van der Waals surface area contributed by atoms with Gasteiger partial charge in [-0.1, -0.05) is 0 Å². The van der Waals surface area contributed by atoms with E-state index < -0.39 is 0 Å². The molecule has 0 saturated carbocycles. The molecule has 0 amide bonds. The summed E-state index contributed by atoms with van der Waals surface area (Å²) in [5, 5.41) is 14.7. The number of anilines is 5. The zero-order valence-corrected chi connectivity index (χ0v) is 16.8. The minimum atomic E-state index is 0.551. The van der Waals surface area contributed by atoms with Crippen LogP contribution in [-0.2, 0) is 0 Å². The van der Waals surface area contributed by atoms with E-state index in [0.717, 1.165) is 54.3 Å². The maximum atomic E-state index is 4.58. The van der Waals surface area contributed by atoms with Crippen LogP contribution in [0.5, 0.6) is 0 Å². The summed E-state index contributed by atoms with van der Waals surface area (Å²) >= 11 is 0. The van der Waals surface area contributed by atoms with Gasteiger partial charge in [-0.3, -0.25) is 5.10 Å². The second-order valence-corrected chi connectivity index (χ2v) is 7.52. The predicted molar refractivity (Wildman–Crippen MR) is 121 cm³/mol. The molecular weight excluding hydrogens is 376 g/mol. The van der Waals surface area contributed by atoms with Crippen molar-refractivity contribution >= 4 is 39.7 Å². The normalized spacial score (nSPS) is 14.8. The Labute approximate surface area is 175 Å². The fraction of sp³-hybridized carbons (Fsp3) is 0.227. The van der Waals surface area contributed by atoms with Crippen LogP contribution >= 0.6 is 0 Å². The van der Waals surface area contributed by atoms with E-state index in [1.165, 1.54) is 5.69 Å². The lowest BCUT2D eigenvalue weighted by molar-refractivity contribution is 0.313. The van der Waals surface area contributed by atoms with Crippen LogP contribution < -0.4 is 15.5 Å². The number of hydrogen-bond donors (Lipinski definition) is 3. The quantitative estimate of drug-likeness (QED) is 0.472. The number of aromatic amines is 1. The third-order valence-electron chi connectivity index (χ3n) is 5.36. The van der Waals surface area contributed by atoms with Crippen molar-refractivity contribution < 1.29 is 0 Å². The highest BCUT2D eigenvalue weighted by Gasteiger charge is 2.14. The number of nitrogens with one attached hydrogen (secondary N) is 3. The molecule has 8 nitrogen and oxygen atoms in total. The lowest BCUT2D eigenvalue weighted by atomic mass is 10.2. The van der Waals surface area contributed by atoms with Crippen molar-refractivity contribution in [3.8, 4) is 0 Å². The average molecular weight is 400 g/mol. The molecule has 4 aromatic rings. The van der Waals surface area contributed by atoms with E-state index in [9.17, 15) is 0 Å². The van der Waals surface area contributed by atoms with Gasteiger partial charge in [0.05, 0.1) is 11.7 Å². The molecule has 1 aliphatic rings. The van der Waals surface area contributed by atoms with Gasteiger partial charge >= 0.3 is 0 Å². The molecular formula is C22H24N8. The van der Waals surface area contributed by atoms with E-state index in [1.54, 1.807) is 12.4 Å². The van der Waals surface area contributed by atoms with Gasteiger partial charge in [0.1, 0.15) is 5.82 Å². The van der Waals surface area contributed by atoms with Crippen LogP contribution in [0.1, 0.15) is 0 Å². The molecule has 8 heteroatoms. The highest BCUT2D eigenvalue weighted by atomic mass is 15.2. The Morgan fingerprint density at radius 1 is 0.900 bits per heavy atom. The lowest BCUT2D eigenvalue weighted by Gasteiger charge is -2.34. The van der Waals surface area contributed by atoms with Gasteiger partial charge in [0.25, 0.3) is 0 Å². The van der Waals surface area contributed by atoms with Crippen LogP contribution in [0.4, 0.5) is 28.8 Å². The molecule has 5 rings (SSSR count). The molecule has 152 valence electrons. The monoisotopic (exact) mass is 400 g/mol. The second kappa shape index (κ2) is 8.00. The van der Waals surface area contributed by atoms with Gasteiger partial charge in [0.2, 0.25) is 5.95 Å². The summed E-state index contributed by atoms with van der Waals surface area (Å²) in [6.07, 6.45) is 3.55. The molecule has 2 aromatic heterocycles. The Kier molecular flexibility index (Phi) is 4.90. The summed E-state index contributed by atoms with van der Waals surface area (Å²) in [5.41, 5.74) is 4.13. The number of piperazine rings is 1. The third-order valence-corrected chi connectivity index (χ3v) is 5.36. The highest BCUT2D eigenvalue weighted by Crippen LogP contribution is 2.23. The molecule has 0 spiro atoms. The van der Waals surface area contributed by atoms with Gasteiger partial charge in [-0.2, -0.15) is 10.1 Å². The number of rotatable bonds is 5. The zero-order valence-electron chi connectivity index (χ0n) is 16.8. The van der Waals surface area contributed by atoms with Crippen molar-refractivity contribution in [1.29, 1.82) is 0 Å². The predicted octanol–water partition coefficient (Wildman–Crippen LogP) is 3.59. The van der Waals surface area contributed by atoms with Crippen LogP contribution in [-0.4, -0.2) is 58.3 Å². The van der Waals surface area contributed by atoms with E-state index in [0.29, 0.717) is 5.95 Å². The Hall–Kier alpha value is -3.65. The van der Waals surface area contributed by atoms with E-state index in [4.69, 9.17) is 0 Å². The molecule has 0 aliphatic carbocycles. The maximum absolute atomic E-state index is 4.58. The van der Waals surface area contributed by atoms with Crippen LogP contribution in [0.3, 0.4) is 0 Å². The third kappa shape index (κ3) is 4.04. The molecule has 1 aliphatic heterocycles. The first-order valence-corrected chi connectivity index (χ1v) is 10.1. The average Bonchev–Trinajstić information content (AvgIpc) is 3.23. The number of nitrogens with zero attached hydrogens (tertiary/aromatic N) is 5. The molecule has 0 bridgehead atoms. The molecule has 2 aromatic carbocycles. The number of fused-ring (bicyclic) bond motifs is 1. The lowest BCUT2D eigenvalue weighted by Crippen LogP contribution is -2.44. The van der Waals surface area contributed by atoms with Crippen molar-refractivity contribution in [2.45, 2.75) is 0 Å². The van der Waals surface area contributed by atoms with E-state index >= 15 is 0 Å². The summed E-state index contributed by atoms with van der Waals surface area (Å²) in [5.74, 6) is 1.27. The number of hydrogen-bond acceptors (Lipinski definition) is 7. The first kappa shape index (κ1) is 18.4. The largest absolute Gasteiger partial charge is 0.369 e. The molecule has 30 heavy (non-hydrogen) atoms. The van der Waals surface area contributed by atoms with Gasteiger partial charge in [-0.05, 0) is 55.6 Å². The van der Waals surface area contributed by atoms with Gasteiger partial charge in [0, 0.05) is 54.8 Å². The summed E-state index contributed by atoms with van der Waals surface area (Å²) in [7, 11) is 2.17. The summed E-state index contributed by atoms with van der Waals surface area (Å²) in [6, 6.07) is 16.3. The molecule has 0 atom stereocenters. The second-order valence-electron chi connectivity index (χ2n) is 7.52. The molecule has 3 N–H and O–H groups in total. The number of H-pyrrole nitrogens is 1. The SMILES string of the molecule is CN1CCN(c2ccc(Nc3nccc(Nc4ccc5cn[nH]c5c4)n3)cc2)CC1. The summed E-state index contributed by atoms with van der Waals surface area (Å²) in [6.45, 7) is 4.32. The standard InChI is InChI=1S/C22H24N8/c1-29-10-12-30(13-11-29)19-6-4-17(5-7-19)26-22-23-9-8-21(27-22)25-18-3-2-16-15-24-28-20(16)14-18/h2-9,14-15H,10-13H2,1H3,(H,24,28)(H2,23,25,26,27). The number of benzene rings is 2. The minimum absolute atomic E-state index is 0.551. The minimum Gasteiger partial charge on any atom is -0.369 e. The van der Waals surface area contributed by atoms with Crippen molar-refractivity contribution in [3.05, 3.63) is 60.9 Å². The Bertz CT molecular complexity index is 1130.